The quantitative estimate of drug-likeness (QED) is 0.721. The summed E-state index contributed by atoms with van der Waals surface area (Å²) in [6.45, 7) is 2.14. The minimum atomic E-state index is -0.0214. The van der Waals surface area contributed by atoms with Crippen LogP contribution in [0.15, 0.2) is 53.5 Å². The largest absolute Gasteiger partial charge is 0.497 e. The summed E-state index contributed by atoms with van der Waals surface area (Å²) < 4.78 is 6.81. The number of hydrogen-bond donors (Lipinski definition) is 0. The van der Waals surface area contributed by atoms with Gasteiger partial charge in [0.05, 0.1) is 18.4 Å². The van der Waals surface area contributed by atoms with Crippen molar-refractivity contribution in [3.63, 3.8) is 0 Å². The number of rotatable bonds is 5. The number of aryl methyl sites for hydroxylation is 1. The number of nitrogens with zero attached hydrogens (tertiary/aromatic N) is 2. The van der Waals surface area contributed by atoms with Gasteiger partial charge < -0.3 is 4.74 Å². The lowest BCUT2D eigenvalue weighted by atomic mass is 10.0. The lowest BCUT2D eigenvalue weighted by Crippen LogP contribution is -2.19. The summed E-state index contributed by atoms with van der Waals surface area (Å²) in [7, 11) is 1.63. The Morgan fingerprint density at radius 3 is 2.61 bits per heavy atom. The molecule has 4 nitrogen and oxygen atoms in total. The summed E-state index contributed by atoms with van der Waals surface area (Å²) in [5.41, 5.74) is 3.11. The molecule has 0 aliphatic rings. The van der Waals surface area contributed by atoms with Gasteiger partial charge in [0, 0.05) is 6.20 Å². The minimum Gasteiger partial charge on any atom is -0.497 e. The zero-order chi connectivity index (χ0) is 16.2. The second-order valence-corrected chi connectivity index (χ2v) is 5.50. The summed E-state index contributed by atoms with van der Waals surface area (Å²) in [6.07, 6.45) is 4.65. The van der Waals surface area contributed by atoms with Crippen LogP contribution >= 0.6 is 0 Å². The van der Waals surface area contributed by atoms with Crippen molar-refractivity contribution < 1.29 is 4.74 Å². The second-order valence-electron chi connectivity index (χ2n) is 5.50. The van der Waals surface area contributed by atoms with Gasteiger partial charge in [-0.2, -0.15) is 0 Å². The van der Waals surface area contributed by atoms with Gasteiger partial charge in [0.15, 0.2) is 0 Å². The maximum atomic E-state index is 13.0. The summed E-state index contributed by atoms with van der Waals surface area (Å²) >= 11 is 0. The van der Waals surface area contributed by atoms with Gasteiger partial charge in [-0.25, -0.2) is 4.98 Å². The number of pyridine rings is 1. The predicted molar refractivity (Wildman–Crippen MR) is 92.1 cm³/mol. The number of ether oxygens (including phenoxy) is 1. The van der Waals surface area contributed by atoms with Crippen molar-refractivity contribution in [3.05, 3.63) is 64.7 Å². The molecule has 3 aromatic rings. The zero-order valence-electron chi connectivity index (χ0n) is 13.5. The van der Waals surface area contributed by atoms with E-state index in [0.29, 0.717) is 11.2 Å². The van der Waals surface area contributed by atoms with Gasteiger partial charge in [-0.1, -0.05) is 31.5 Å². The first kappa shape index (κ1) is 15.3. The van der Waals surface area contributed by atoms with Gasteiger partial charge in [-0.15, -0.1) is 0 Å². The van der Waals surface area contributed by atoms with E-state index >= 15 is 0 Å². The molecule has 2 heterocycles. The molecule has 23 heavy (non-hydrogen) atoms. The maximum Gasteiger partial charge on any atom is 0.265 e. The number of aromatic nitrogens is 2. The van der Waals surface area contributed by atoms with Crippen LogP contribution in [0.4, 0.5) is 0 Å². The van der Waals surface area contributed by atoms with Crippen LogP contribution in [0.1, 0.15) is 25.5 Å². The number of fused-ring (bicyclic) bond motifs is 1. The lowest BCUT2D eigenvalue weighted by molar-refractivity contribution is 0.415. The van der Waals surface area contributed by atoms with Crippen LogP contribution in [0.2, 0.25) is 0 Å². The Morgan fingerprint density at radius 2 is 1.91 bits per heavy atom. The second kappa shape index (κ2) is 6.65. The van der Waals surface area contributed by atoms with E-state index in [2.05, 4.69) is 6.92 Å². The average Bonchev–Trinajstić information content (AvgIpc) is 2.60. The van der Waals surface area contributed by atoms with Crippen LogP contribution in [0.25, 0.3) is 16.8 Å². The highest BCUT2D eigenvalue weighted by atomic mass is 16.5. The topological polar surface area (TPSA) is 43.6 Å². The highest BCUT2D eigenvalue weighted by Crippen LogP contribution is 2.23. The van der Waals surface area contributed by atoms with Crippen molar-refractivity contribution in [1.82, 2.24) is 9.38 Å². The van der Waals surface area contributed by atoms with Crippen molar-refractivity contribution in [3.8, 4) is 16.9 Å². The molecule has 0 fully saturated rings. The van der Waals surface area contributed by atoms with E-state index in [4.69, 9.17) is 9.72 Å². The molecule has 0 atom stereocenters. The maximum absolute atomic E-state index is 13.0. The van der Waals surface area contributed by atoms with E-state index in [1.165, 1.54) is 0 Å². The van der Waals surface area contributed by atoms with Crippen LogP contribution in [0.3, 0.4) is 0 Å². The zero-order valence-corrected chi connectivity index (χ0v) is 13.5. The van der Waals surface area contributed by atoms with Crippen molar-refractivity contribution >= 4 is 5.65 Å². The highest BCUT2D eigenvalue weighted by molar-refractivity contribution is 5.67. The molecular weight excluding hydrogens is 288 g/mol. The third kappa shape index (κ3) is 2.97. The molecule has 0 aliphatic heterocycles. The van der Waals surface area contributed by atoms with E-state index in [1.54, 1.807) is 17.7 Å². The van der Waals surface area contributed by atoms with Crippen molar-refractivity contribution in [1.29, 1.82) is 0 Å². The van der Waals surface area contributed by atoms with Crippen LogP contribution < -0.4 is 10.3 Å². The van der Waals surface area contributed by atoms with Gasteiger partial charge in [-0.05, 0) is 42.7 Å². The molecule has 0 saturated heterocycles. The highest BCUT2D eigenvalue weighted by Gasteiger charge is 2.14. The fraction of sp³-hybridized carbons (Fsp3) is 0.263. The standard InChI is InChI=1S/C19H20N2O2/c1-3-4-7-16-18(14-9-11-15(23-2)12-10-14)19(22)21-13-6-5-8-17(21)20-16/h5-6,8-13H,3-4,7H2,1-2H3. The first-order valence-corrected chi connectivity index (χ1v) is 7.89. The predicted octanol–water partition coefficient (Wildman–Crippen LogP) is 3.71. The minimum absolute atomic E-state index is 0.0214. The van der Waals surface area contributed by atoms with E-state index in [-0.39, 0.29) is 5.56 Å². The molecule has 0 aliphatic carbocycles. The average molecular weight is 308 g/mol. The van der Waals surface area contributed by atoms with Crippen LogP contribution in [0, 0.1) is 0 Å². The Kier molecular flexibility index (Phi) is 4.42. The summed E-state index contributed by atoms with van der Waals surface area (Å²) in [5, 5.41) is 0. The Bertz CT molecular complexity index is 867. The van der Waals surface area contributed by atoms with E-state index in [9.17, 15) is 4.79 Å². The number of benzene rings is 1. The fourth-order valence-electron chi connectivity index (χ4n) is 2.71. The van der Waals surface area contributed by atoms with Gasteiger partial charge in [-0.3, -0.25) is 9.20 Å². The number of unbranched alkanes of at least 4 members (excludes halogenated alkanes) is 1. The van der Waals surface area contributed by atoms with Crippen molar-refractivity contribution in [2.45, 2.75) is 26.2 Å². The fourth-order valence-corrected chi connectivity index (χ4v) is 2.71. The van der Waals surface area contributed by atoms with Crippen LogP contribution in [-0.2, 0) is 6.42 Å². The molecule has 0 saturated carbocycles. The first-order valence-electron chi connectivity index (χ1n) is 7.89. The van der Waals surface area contributed by atoms with E-state index < -0.39 is 0 Å². The molecule has 3 rings (SSSR count). The van der Waals surface area contributed by atoms with E-state index in [0.717, 1.165) is 36.3 Å². The molecule has 0 spiro atoms. The van der Waals surface area contributed by atoms with Gasteiger partial charge >= 0.3 is 0 Å². The Hall–Kier alpha value is -2.62. The molecule has 0 N–H and O–H groups in total. The molecule has 118 valence electrons. The van der Waals surface area contributed by atoms with Crippen LogP contribution in [0.5, 0.6) is 5.75 Å². The number of methoxy groups -OCH3 is 1. The van der Waals surface area contributed by atoms with Gasteiger partial charge in [0.1, 0.15) is 11.4 Å². The monoisotopic (exact) mass is 308 g/mol. The van der Waals surface area contributed by atoms with Crippen molar-refractivity contribution in [2.75, 3.05) is 7.11 Å². The molecule has 0 unspecified atom stereocenters. The molecule has 2 aromatic heterocycles. The summed E-state index contributed by atoms with van der Waals surface area (Å²) in [5.74, 6) is 0.776. The Morgan fingerprint density at radius 1 is 1.13 bits per heavy atom. The summed E-state index contributed by atoms with van der Waals surface area (Å²) in [6, 6.07) is 13.2. The van der Waals surface area contributed by atoms with Gasteiger partial charge in [0.2, 0.25) is 0 Å². The molecule has 0 radical (unpaired) electrons. The normalized spacial score (nSPS) is 10.9. The van der Waals surface area contributed by atoms with E-state index in [1.807, 2.05) is 42.5 Å². The van der Waals surface area contributed by atoms with Gasteiger partial charge in [0.25, 0.3) is 5.56 Å². The molecule has 0 bridgehead atoms. The Labute approximate surface area is 135 Å². The third-order valence-electron chi connectivity index (χ3n) is 3.95. The molecular formula is C19H20N2O2. The molecule has 1 aromatic carbocycles. The third-order valence-corrected chi connectivity index (χ3v) is 3.95. The molecule has 0 amide bonds. The summed E-state index contributed by atoms with van der Waals surface area (Å²) in [4.78, 5) is 17.7. The lowest BCUT2D eigenvalue weighted by Gasteiger charge is -2.11. The first-order chi connectivity index (χ1) is 11.2. The smallest absolute Gasteiger partial charge is 0.265 e. The molecule has 4 heteroatoms. The SMILES string of the molecule is CCCCc1nc2ccccn2c(=O)c1-c1ccc(OC)cc1. The number of hydrogen-bond acceptors (Lipinski definition) is 3. The van der Waals surface area contributed by atoms with Crippen molar-refractivity contribution in [2.24, 2.45) is 0 Å². The van der Waals surface area contributed by atoms with Crippen LogP contribution in [-0.4, -0.2) is 16.5 Å². The Balaban J connectivity index is 2.22.